The molecule has 0 radical (unpaired) electrons. The maximum Gasteiger partial charge on any atom is 0.267 e. The highest BCUT2D eigenvalue weighted by atomic mass is 16.1. The summed E-state index contributed by atoms with van der Waals surface area (Å²) < 4.78 is 0. The van der Waals surface area contributed by atoms with Crippen molar-refractivity contribution in [2.45, 2.75) is 58.3 Å². The highest BCUT2D eigenvalue weighted by Crippen LogP contribution is 2.64. The minimum atomic E-state index is -0.0179. The maximum absolute atomic E-state index is 11.8. The van der Waals surface area contributed by atoms with Crippen molar-refractivity contribution < 1.29 is 0 Å². The Labute approximate surface area is 102 Å². The van der Waals surface area contributed by atoms with Crippen molar-refractivity contribution in [1.82, 2.24) is 10.2 Å². The third kappa shape index (κ3) is 1.08. The fourth-order valence-electron chi connectivity index (χ4n) is 4.05. The first-order valence-corrected chi connectivity index (χ1v) is 6.49. The van der Waals surface area contributed by atoms with Crippen molar-refractivity contribution in [1.29, 1.82) is 0 Å². The molecule has 0 saturated heterocycles. The lowest BCUT2D eigenvalue weighted by atomic mass is 9.58. The van der Waals surface area contributed by atoms with E-state index in [1.165, 1.54) is 24.8 Å². The van der Waals surface area contributed by atoms with Gasteiger partial charge in [-0.3, -0.25) is 4.79 Å². The highest BCUT2D eigenvalue weighted by Gasteiger charge is 2.58. The van der Waals surface area contributed by atoms with Gasteiger partial charge in [-0.05, 0) is 36.7 Å². The summed E-state index contributed by atoms with van der Waals surface area (Å²) in [6, 6.07) is 0. The van der Waals surface area contributed by atoms with Crippen LogP contribution in [-0.4, -0.2) is 10.2 Å². The van der Waals surface area contributed by atoms with Crippen LogP contribution in [0.1, 0.15) is 62.8 Å². The van der Waals surface area contributed by atoms with Gasteiger partial charge in [-0.15, -0.1) is 0 Å². The second-order valence-corrected chi connectivity index (χ2v) is 6.44. The molecule has 3 rings (SSSR count). The van der Waals surface area contributed by atoms with Gasteiger partial charge >= 0.3 is 0 Å². The fraction of sp³-hybridized carbons (Fsp3) is 0.714. The van der Waals surface area contributed by atoms with Crippen molar-refractivity contribution in [2.24, 2.45) is 5.41 Å². The number of hydrogen-bond donors (Lipinski definition) is 1. The second-order valence-electron chi connectivity index (χ2n) is 6.44. The molecule has 1 aromatic rings. The quantitative estimate of drug-likeness (QED) is 0.747. The number of H-pyrrole nitrogens is 1. The number of nitrogens with zero attached hydrogens (tertiary/aromatic N) is 1. The summed E-state index contributed by atoms with van der Waals surface area (Å²) in [5.74, 6) is 0.506. The molecule has 0 amide bonds. The minimum Gasteiger partial charge on any atom is -0.268 e. The predicted octanol–water partition coefficient (Wildman–Crippen LogP) is 2.64. The standard InChI is InChI=1S/C14H20N2O/c1-8-10-9-6-5-7-14(4,13(9,2)3)11(10)15-16-12(8)17/h9H,5-7H2,1-4H3,(H,16,17)/t9-,14+/m1/s1. The Bertz CT molecular complexity index is 544. The molecule has 1 aromatic heterocycles. The molecular formula is C14H20N2O. The molecule has 2 bridgehead atoms. The number of hydrogen-bond acceptors (Lipinski definition) is 2. The molecule has 2 aliphatic rings. The zero-order valence-electron chi connectivity index (χ0n) is 11.1. The van der Waals surface area contributed by atoms with Crippen LogP contribution in [0.3, 0.4) is 0 Å². The van der Waals surface area contributed by atoms with E-state index in [9.17, 15) is 4.79 Å². The predicted molar refractivity (Wildman–Crippen MR) is 67.3 cm³/mol. The molecule has 1 heterocycles. The zero-order valence-corrected chi connectivity index (χ0v) is 11.1. The molecular weight excluding hydrogens is 212 g/mol. The molecule has 2 atom stereocenters. The van der Waals surface area contributed by atoms with Crippen LogP contribution in [0.2, 0.25) is 0 Å². The fourth-order valence-corrected chi connectivity index (χ4v) is 4.05. The number of aromatic nitrogens is 2. The van der Waals surface area contributed by atoms with Crippen LogP contribution in [0.15, 0.2) is 4.79 Å². The van der Waals surface area contributed by atoms with Crippen LogP contribution in [0, 0.1) is 12.3 Å². The summed E-state index contributed by atoms with van der Waals surface area (Å²) in [5, 5.41) is 7.06. The van der Waals surface area contributed by atoms with Crippen LogP contribution in [0.25, 0.3) is 0 Å². The van der Waals surface area contributed by atoms with Gasteiger partial charge in [0.15, 0.2) is 0 Å². The Hall–Kier alpha value is -1.12. The molecule has 1 N–H and O–H groups in total. The number of fused-ring (bicyclic) bond motifs is 5. The average Bonchev–Trinajstić information content (AvgIpc) is 2.39. The van der Waals surface area contributed by atoms with Gasteiger partial charge in [0.25, 0.3) is 5.56 Å². The topological polar surface area (TPSA) is 45.8 Å². The lowest BCUT2D eigenvalue weighted by molar-refractivity contribution is 0.106. The third-order valence-corrected chi connectivity index (χ3v) is 5.60. The number of aromatic amines is 1. The summed E-state index contributed by atoms with van der Waals surface area (Å²) in [6.45, 7) is 8.93. The van der Waals surface area contributed by atoms with Crippen LogP contribution in [0.5, 0.6) is 0 Å². The average molecular weight is 232 g/mol. The van der Waals surface area contributed by atoms with Crippen molar-refractivity contribution in [3.05, 3.63) is 27.2 Å². The van der Waals surface area contributed by atoms with Crippen LogP contribution in [-0.2, 0) is 5.41 Å². The van der Waals surface area contributed by atoms with E-state index in [-0.39, 0.29) is 16.4 Å². The van der Waals surface area contributed by atoms with E-state index in [0.717, 1.165) is 11.3 Å². The normalized spacial score (nSPS) is 33.5. The molecule has 3 nitrogen and oxygen atoms in total. The molecule has 3 heteroatoms. The molecule has 0 aliphatic heterocycles. The monoisotopic (exact) mass is 232 g/mol. The number of rotatable bonds is 0. The van der Waals surface area contributed by atoms with E-state index in [1.54, 1.807) is 0 Å². The van der Waals surface area contributed by atoms with Gasteiger partial charge in [-0.2, -0.15) is 5.10 Å². The summed E-state index contributed by atoms with van der Waals surface area (Å²) in [4.78, 5) is 11.8. The van der Waals surface area contributed by atoms with Gasteiger partial charge in [0.05, 0.1) is 5.69 Å². The molecule has 0 unspecified atom stereocenters. The van der Waals surface area contributed by atoms with E-state index in [2.05, 4.69) is 31.0 Å². The van der Waals surface area contributed by atoms with Crippen molar-refractivity contribution in [3.63, 3.8) is 0 Å². The largest absolute Gasteiger partial charge is 0.268 e. The Balaban J connectivity index is 2.37. The van der Waals surface area contributed by atoms with Gasteiger partial charge in [0, 0.05) is 11.0 Å². The van der Waals surface area contributed by atoms with Crippen molar-refractivity contribution in [2.75, 3.05) is 0 Å². The van der Waals surface area contributed by atoms with Gasteiger partial charge < -0.3 is 0 Å². The van der Waals surface area contributed by atoms with Gasteiger partial charge in [-0.25, -0.2) is 5.10 Å². The first kappa shape index (κ1) is 11.0. The Morgan fingerprint density at radius 2 is 2.06 bits per heavy atom. The third-order valence-electron chi connectivity index (χ3n) is 5.60. The van der Waals surface area contributed by atoms with E-state index < -0.39 is 0 Å². The van der Waals surface area contributed by atoms with Crippen LogP contribution < -0.4 is 5.56 Å². The molecule has 1 saturated carbocycles. The SMILES string of the molecule is Cc1c2c(n[nH]c1=O)[C@]1(C)CCC[C@H]2C1(C)C. The van der Waals surface area contributed by atoms with E-state index in [4.69, 9.17) is 0 Å². The molecule has 0 aromatic carbocycles. The van der Waals surface area contributed by atoms with Crippen molar-refractivity contribution >= 4 is 0 Å². The van der Waals surface area contributed by atoms with E-state index in [0.29, 0.717) is 5.92 Å². The second kappa shape index (κ2) is 3.01. The summed E-state index contributed by atoms with van der Waals surface area (Å²) in [5.41, 5.74) is 3.61. The van der Waals surface area contributed by atoms with Crippen LogP contribution in [0.4, 0.5) is 0 Å². The molecule has 17 heavy (non-hydrogen) atoms. The summed E-state index contributed by atoms with van der Waals surface area (Å²) >= 11 is 0. The first-order chi connectivity index (χ1) is 7.89. The van der Waals surface area contributed by atoms with Crippen LogP contribution >= 0.6 is 0 Å². The lowest BCUT2D eigenvalue weighted by Gasteiger charge is -2.45. The number of nitrogens with one attached hydrogen (secondary N) is 1. The maximum atomic E-state index is 11.8. The Morgan fingerprint density at radius 3 is 2.76 bits per heavy atom. The van der Waals surface area contributed by atoms with Gasteiger partial charge in [0.1, 0.15) is 0 Å². The molecule has 2 aliphatic carbocycles. The minimum absolute atomic E-state index is 0.0179. The van der Waals surface area contributed by atoms with Gasteiger partial charge in [0.2, 0.25) is 0 Å². The van der Waals surface area contributed by atoms with Crippen molar-refractivity contribution in [3.8, 4) is 0 Å². The van der Waals surface area contributed by atoms with Gasteiger partial charge in [-0.1, -0.05) is 27.2 Å². The molecule has 92 valence electrons. The molecule has 0 spiro atoms. The summed E-state index contributed by atoms with van der Waals surface area (Å²) in [7, 11) is 0. The zero-order chi connectivity index (χ0) is 12.4. The summed E-state index contributed by atoms with van der Waals surface area (Å²) in [6.07, 6.45) is 3.62. The smallest absolute Gasteiger partial charge is 0.267 e. The highest BCUT2D eigenvalue weighted by molar-refractivity contribution is 5.45. The molecule has 1 fully saturated rings. The Morgan fingerprint density at radius 1 is 1.35 bits per heavy atom. The first-order valence-electron chi connectivity index (χ1n) is 6.49. The van der Waals surface area contributed by atoms with E-state index >= 15 is 0 Å². The lowest BCUT2D eigenvalue weighted by Crippen LogP contribution is -2.40. The van der Waals surface area contributed by atoms with E-state index in [1.807, 2.05) is 6.92 Å². The Kier molecular flexibility index (Phi) is 1.94.